The lowest BCUT2D eigenvalue weighted by atomic mass is 9.95. The second-order valence-corrected chi connectivity index (χ2v) is 6.53. The quantitative estimate of drug-likeness (QED) is 0.673. The van der Waals surface area contributed by atoms with Gasteiger partial charge < -0.3 is 15.0 Å². The highest BCUT2D eigenvalue weighted by Gasteiger charge is 2.23. The molecule has 1 unspecified atom stereocenters. The van der Waals surface area contributed by atoms with Gasteiger partial charge in [-0.3, -0.25) is 9.79 Å². The van der Waals surface area contributed by atoms with E-state index in [-0.39, 0.29) is 5.91 Å². The van der Waals surface area contributed by atoms with Gasteiger partial charge in [0, 0.05) is 11.8 Å². The first-order valence-electron chi connectivity index (χ1n) is 8.83. The number of hydrogen-bond donors (Lipinski definition) is 2. The van der Waals surface area contributed by atoms with E-state index in [1.807, 2.05) is 6.92 Å². The predicted octanol–water partition coefficient (Wildman–Crippen LogP) is -0.0489. The molecule has 1 aliphatic carbocycles. The van der Waals surface area contributed by atoms with E-state index in [9.17, 15) is 10.1 Å². The lowest BCUT2D eigenvalue weighted by molar-refractivity contribution is -0.906. The number of hydrogen-bond acceptors (Lipinski definition) is 4. The van der Waals surface area contributed by atoms with Crippen molar-refractivity contribution in [1.29, 1.82) is 5.26 Å². The Morgan fingerprint density at radius 2 is 2.04 bits per heavy atom. The fourth-order valence-electron chi connectivity index (χ4n) is 3.29. The highest BCUT2D eigenvalue weighted by molar-refractivity contribution is 6.05. The normalized spacial score (nSPS) is 22.3. The molecule has 2 rings (SSSR count). The van der Waals surface area contributed by atoms with Crippen LogP contribution in [0.1, 0.15) is 39.0 Å². The minimum absolute atomic E-state index is 0.211. The number of carbonyl (C=O) groups excluding carboxylic acids is 1. The smallest absolute Gasteiger partial charge is 0.243 e. The number of carbonyl (C=O) groups is 1. The summed E-state index contributed by atoms with van der Waals surface area (Å²) in [6.45, 7) is 6.85. The lowest BCUT2D eigenvalue weighted by Crippen LogP contribution is -3.14. The van der Waals surface area contributed by atoms with E-state index in [1.54, 1.807) is 0 Å². The second-order valence-electron chi connectivity index (χ2n) is 6.53. The van der Waals surface area contributed by atoms with Crippen molar-refractivity contribution in [2.75, 3.05) is 39.4 Å². The summed E-state index contributed by atoms with van der Waals surface area (Å²) >= 11 is 0. The molecule has 23 heavy (non-hydrogen) atoms. The SMILES string of the molecule is CC(=NC1CCCCC1)C(C#N)C(=O)NCC[NH+]1CCOCC1. The average molecular weight is 321 g/mol. The molecule has 1 saturated carbocycles. The van der Waals surface area contributed by atoms with Crippen molar-refractivity contribution in [3.8, 4) is 6.07 Å². The molecule has 0 aromatic carbocycles. The van der Waals surface area contributed by atoms with Crippen LogP contribution < -0.4 is 10.2 Å². The van der Waals surface area contributed by atoms with Gasteiger partial charge in [0.1, 0.15) is 13.1 Å². The number of morpholine rings is 1. The van der Waals surface area contributed by atoms with Crippen LogP contribution in [0.5, 0.6) is 0 Å². The van der Waals surface area contributed by atoms with Crippen LogP contribution in [0.3, 0.4) is 0 Å². The van der Waals surface area contributed by atoms with Crippen LogP contribution in [0.4, 0.5) is 0 Å². The Hall–Kier alpha value is -1.45. The summed E-state index contributed by atoms with van der Waals surface area (Å²) in [5.74, 6) is -0.964. The van der Waals surface area contributed by atoms with Gasteiger partial charge in [-0.1, -0.05) is 19.3 Å². The number of amides is 1. The van der Waals surface area contributed by atoms with Crippen molar-refractivity contribution < 1.29 is 14.4 Å². The standard InChI is InChI=1S/C17H28N4O2/c1-14(20-15-5-3-2-4-6-15)16(13-18)17(22)19-7-8-21-9-11-23-12-10-21/h15-16H,2-12H2,1H3,(H,19,22)/p+1. The van der Waals surface area contributed by atoms with E-state index in [2.05, 4.69) is 16.4 Å². The molecule has 1 heterocycles. The third-order valence-corrected chi connectivity index (χ3v) is 4.75. The number of nitriles is 1. The summed E-state index contributed by atoms with van der Waals surface area (Å²) in [5.41, 5.74) is 0.663. The van der Waals surface area contributed by atoms with Gasteiger partial charge in [0.25, 0.3) is 0 Å². The second kappa shape index (κ2) is 9.64. The number of quaternary nitrogens is 1. The van der Waals surface area contributed by atoms with E-state index in [0.29, 0.717) is 18.3 Å². The number of rotatable bonds is 6. The molecule has 6 heteroatoms. The minimum Gasteiger partial charge on any atom is -0.370 e. The van der Waals surface area contributed by atoms with E-state index >= 15 is 0 Å². The zero-order chi connectivity index (χ0) is 16.5. The maximum absolute atomic E-state index is 12.3. The van der Waals surface area contributed by atoms with Gasteiger partial charge in [0.05, 0.1) is 32.4 Å². The predicted molar refractivity (Wildman–Crippen MR) is 88.5 cm³/mol. The molecule has 0 bridgehead atoms. The Morgan fingerprint density at radius 1 is 1.35 bits per heavy atom. The minimum atomic E-state index is -0.753. The Kier molecular flexibility index (Phi) is 7.50. The highest BCUT2D eigenvalue weighted by atomic mass is 16.5. The summed E-state index contributed by atoms with van der Waals surface area (Å²) in [7, 11) is 0. The fourth-order valence-corrected chi connectivity index (χ4v) is 3.29. The van der Waals surface area contributed by atoms with Gasteiger partial charge in [-0.25, -0.2) is 0 Å². The van der Waals surface area contributed by atoms with Crippen LogP contribution in [-0.4, -0.2) is 57.1 Å². The third kappa shape index (κ3) is 5.92. The summed E-state index contributed by atoms with van der Waals surface area (Å²) in [6.07, 6.45) is 5.84. The topological polar surface area (TPSA) is 78.9 Å². The van der Waals surface area contributed by atoms with E-state index in [1.165, 1.54) is 24.2 Å². The Balaban J connectivity index is 1.77. The van der Waals surface area contributed by atoms with Crippen LogP contribution in [0.25, 0.3) is 0 Å². The van der Waals surface area contributed by atoms with Gasteiger partial charge in [-0.15, -0.1) is 0 Å². The molecule has 128 valence electrons. The van der Waals surface area contributed by atoms with Crippen LogP contribution in [-0.2, 0) is 9.53 Å². The van der Waals surface area contributed by atoms with E-state index in [0.717, 1.165) is 45.7 Å². The van der Waals surface area contributed by atoms with Crippen molar-refractivity contribution in [2.24, 2.45) is 10.9 Å². The average Bonchev–Trinajstić information content (AvgIpc) is 2.57. The molecule has 1 saturated heterocycles. The molecule has 0 spiro atoms. The van der Waals surface area contributed by atoms with Crippen molar-refractivity contribution in [3.05, 3.63) is 0 Å². The van der Waals surface area contributed by atoms with Crippen LogP contribution in [0.15, 0.2) is 4.99 Å². The van der Waals surface area contributed by atoms with Crippen LogP contribution in [0, 0.1) is 17.2 Å². The first kappa shape index (κ1) is 17.9. The Bertz CT molecular complexity index is 446. The van der Waals surface area contributed by atoms with Crippen LogP contribution in [0.2, 0.25) is 0 Å². The fraction of sp³-hybridized carbons (Fsp3) is 0.824. The highest BCUT2D eigenvalue weighted by Crippen LogP contribution is 2.21. The molecule has 2 N–H and O–H groups in total. The molecule has 2 fully saturated rings. The largest absolute Gasteiger partial charge is 0.370 e. The first-order valence-corrected chi connectivity index (χ1v) is 8.83. The summed E-state index contributed by atoms with van der Waals surface area (Å²) in [5, 5.41) is 12.2. The molecular formula is C17H29N4O2+. The van der Waals surface area contributed by atoms with Crippen molar-refractivity contribution >= 4 is 11.6 Å². The Morgan fingerprint density at radius 3 is 2.70 bits per heavy atom. The van der Waals surface area contributed by atoms with Crippen molar-refractivity contribution in [3.63, 3.8) is 0 Å². The summed E-state index contributed by atoms with van der Waals surface area (Å²) in [6, 6.07) is 2.41. The van der Waals surface area contributed by atoms with E-state index < -0.39 is 5.92 Å². The first-order chi connectivity index (χ1) is 11.2. The molecular weight excluding hydrogens is 292 g/mol. The maximum Gasteiger partial charge on any atom is 0.243 e. The third-order valence-electron chi connectivity index (χ3n) is 4.75. The molecule has 0 aromatic heterocycles. The number of nitrogens with one attached hydrogen (secondary N) is 2. The van der Waals surface area contributed by atoms with Gasteiger partial charge >= 0.3 is 0 Å². The summed E-state index contributed by atoms with van der Waals surface area (Å²) < 4.78 is 5.32. The monoisotopic (exact) mass is 321 g/mol. The molecule has 0 radical (unpaired) electrons. The van der Waals surface area contributed by atoms with Gasteiger partial charge in [0.2, 0.25) is 5.91 Å². The molecule has 0 aromatic rings. The number of nitrogens with zero attached hydrogens (tertiary/aromatic N) is 2. The van der Waals surface area contributed by atoms with Gasteiger partial charge in [-0.05, 0) is 19.8 Å². The molecule has 1 aliphatic heterocycles. The van der Waals surface area contributed by atoms with Crippen LogP contribution >= 0.6 is 0 Å². The zero-order valence-electron chi connectivity index (χ0n) is 14.1. The summed E-state index contributed by atoms with van der Waals surface area (Å²) in [4.78, 5) is 18.3. The van der Waals surface area contributed by atoms with E-state index in [4.69, 9.17) is 4.74 Å². The molecule has 2 aliphatic rings. The molecule has 1 amide bonds. The van der Waals surface area contributed by atoms with Gasteiger partial charge in [-0.2, -0.15) is 5.26 Å². The number of ether oxygens (including phenoxy) is 1. The van der Waals surface area contributed by atoms with Crippen molar-refractivity contribution in [1.82, 2.24) is 5.32 Å². The lowest BCUT2D eigenvalue weighted by Gasteiger charge is -2.24. The van der Waals surface area contributed by atoms with Gasteiger partial charge in [0.15, 0.2) is 5.92 Å². The number of aliphatic imine (C=N–C) groups is 1. The maximum atomic E-state index is 12.3. The zero-order valence-corrected chi connectivity index (χ0v) is 14.1. The Labute approximate surface area is 138 Å². The van der Waals surface area contributed by atoms with Crippen molar-refractivity contribution in [2.45, 2.75) is 45.1 Å². The molecule has 6 nitrogen and oxygen atoms in total. The molecule has 1 atom stereocenters.